The fourth-order valence-electron chi connectivity index (χ4n) is 1.35. The molecule has 0 unspecified atom stereocenters. The van der Waals surface area contributed by atoms with Crippen LogP contribution in [0.1, 0.15) is 23.7 Å². The highest BCUT2D eigenvalue weighted by Crippen LogP contribution is 2.22. The minimum Gasteiger partial charge on any atom is -0.461 e. The van der Waals surface area contributed by atoms with Crippen molar-refractivity contribution in [3.8, 4) is 0 Å². The van der Waals surface area contributed by atoms with E-state index in [1.165, 1.54) is 0 Å². The number of hydrogen-bond donors (Lipinski definition) is 2. The number of rotatable bonds is 5. The van der Waals surface area contributed by atoms with Crippen molar-refractivity contribution in [2.75, 3.05) is 18.9 Å². The SMILES string of the molecule is CCNC(=O)CCOC(=O)c1c(N)cccc1Cl. The molecule has 0 heterocycles. The largest absolute Gasteiger partial charge is 0.461 e. The summed E-state index contributed by atoms with van der Waals surface area (Å²) in [5.41, 5.74) is 6.03. The van der Waals surface area contributed by atoms with Gasteiger partial charge < -0.3 is 15.8 Å². The molecular formula is C12H15ClN2O3. The summed E-state index contributed by atoms with van der Waals surface area (Å²) < 4.78 is 4.94. The number of carbonyl (C=O) groups excluding carboxylic acids is 2. The smallest absolute Gasteiger partial charge is 0.341 e. The average Bonchev–Trinajstić information content (AvgIpc) is 2.29. The molecule has 1 amide bonds. The number of nitrogens with one attached hydrogen (secondary N) is 1. The van der Waals surface area contributed by atoms with Gasteiger partial charge in [-0.25, -0.2) is 4.79 Å². The third kappa shape index (κ3) is 3.92. The number of esters is 1. The normalized spacial score (nSPS) is 9.89. The Labute approximate surface area is 110 Å². The summed E-state index contributed by atoms with van der Waals surface area (Å²) >= 11 is 5.86. The van der Waals surface area contributed by atoms with Crippen molar-refractivity contribution in [3.63, 3.8) is 0 Å². The molecule has 0 aromatic heterocycles. The molecule has 0 aliphatic heterocycles. The Kier molecular flexibility index (Phi) is 5.45. The van der Waals surface area contributed by atoms with Crippen LogP contribution in [0.15, 0.2) is 18.2 Å². The first-order valence-corrected chi connectivity index (χ1v) is 5.91. The van der Waals surface area contributed by atoms with Gasteiger partial charge in [0, 0.05) is 12.2 Å². The van der Waals surface area contributed by atoms with Gasteiger partial charge in [0.25, 0.3) is 0 Å². The zero-order valence-corrected chi connectivity index (χ0v) is 10.8. The summed E-state index contributed by atoms with van der Waals surface area (Å²) in [6.45, 7) is 2.36. The van der Waals surface area contributed by atoms with Gasteiger partial charge in [0.05, 0.1) is 11.4 Å². The van der Waals surface area contributed by atoms with E-state index in [0.717, 1.165) is 0 Å². The third-order valence-electron chi connectivity index (χ3n) is 2.19. The van der Waals surface area contributed by atoms with Crippen LogP contribution in [0.25, 0.3) is 0 Å². The van der Waals surface area contributed by atoms with Gasteiger partial charge in [-0.3, -0.25) is 4.79 Å². The summed E-state index contributed by atoms with van der Waals surface area (Å²) in [6, 6.07) is 4.76. The van der Waals surface area contributed by atoms with Crippen LogP contribution in [0.2, 0.25) is 5.02 Å². The molecule has 98 valence electrons. The van der Waals surface area contributed by atoms with E-state index in [0.29, 0.717) is 6.54 Å². The maximum atomic E-state index is 11.7. The molecule has 0 saturated carbocycles. The monoisotopic (exact) mass is 270 g/mol. The van der Waals surface area contributed by atoms with E-state index in [9.17, 15) is 9.59 Å². The van der Waals surface area contributed by atoms with Crippen LogP contribution in [0.3, 0.4) is 0 Å². The van der Waals surface area contributed by atoms with E-state index in [1.54, 1.807) is 18.2 Å². The van der Waals surface area contributed by atoms with Gasteiger partial charge >= 0.3 is 5.97 Å². The molecule has 0 radical (unpaired) electrons. The van der Waals surface area contributed by atoms with Gasteiger partial charge in [0.1, 0.15) is 12.2 Å². The average molecular weight is 271 g/mol. The van der Waals surface area contributed by atoms with Gasteiger partial charge in [-0.2, -0.15) is 0 Å². The van der Waals surface area contributed by atoms with E-state index in [-0.39, 0.29) is 35.2 Å². The fraction of sp³-hybridized carbons (Fsp3) is 0.333. The number of amides is 1. The fourth-order valence-corrected chi connectivity index (χ4v) is 1.61. The second-order valence-electron chi connectivity index (χ2n) is 3.54. The number of anilines is 1. The highest BCUT2D eigenvalue weighted by molar-refractivity contribution is 6.34. The van der Waals surface area contributed by atoms with Crippen LogP contribution in [-0.2, 0) is 9.53 Å². The lowest BCUT2D eigenvalue weighted by atomic mass is 10.2. The second kappa shape index (κ2) is 6.86. The molecule has 0 saturated heterocycles. The minimum absolute atomic E-state index is 0.00463. The zero-order chi connectivity index (χ0) is 13.5. The maximum Gasteiger partial charge on any atom is 0.341 e. The third-order valence-corrected chi connectivity index (χ3v) is 2.50. The summed E-state index contributed by atoms with van der Waals surface area (Å²) in [5.74, 6) is -0.792. The van der Waals surface area contributed by atoms with Gasteiger partial charge in [0.15, 0.2) is 0 Å². The van der Waals surface area contributed by atoms with Crippen LogP contribution >= 0.6 is 11.6 Å². The first-order chi connectivity index (χ1) is 8.56. The van der Waals surface area contributed by atoms with Gasteiger partial charge in [-0.1, -0.05) is 17.7 Å². The van der Waals surface area contributed by atoms with Crippen molar-refractivity contribution in [3.05, 3.63) is 28.8 Å². The van der Waals surface area contributed by atoms with Gasteiger partial charge in [0.2, 0.25) is 5.91 Å². The van der Waals surface area contributed by atoms with Crippen molar-refractivity contribution < 1.29 is 14.3 Å². The summed E-state index contributed by atoms with van der Waals surface area (Å²) in [6.07, 6.45) is 0.115. The van der Waals surface area contributed by atoms with E-state index in [2.05, 4.69) is 5.32 Å². The van der Waals surface area contributed by atoms with Crippen molar-refractivity contribution in [1.82, 2.24) is 5.32 Å². The Morgan fingerprint density at radius 1 is 1.44 bits per heavy atom. The summed E-state index contributed by atoms with van der Waals surface area (Å²) in [5, 5.41) is 2.84. The molecular weight excluding hydrogens is 256 g/mol. The molecule has 0 spiro atoms. The number of nitrogens with two attached hydrogens (primary N) is 1. The number of hydrogen-bond acceptors (Lipinski definition) is 4. The molecule has 0 atom stereocenters. The first kappa shape index (κ1) is 14.3. The van der Waals surface area contributed by atoms with Crippen molar-refractivity contribution in [1.29, 1.82) is 0 Å². The Bertz CT molecular complexity index is 429. The minimum atomic E-state index is -0.623. The quantitative estimate of drug-likeness (QED) is 0.629. The number of nitrogen functional groups attached to an aromatic ring is 1. The topological polar surface area (TPSA) is 81.4 Å². The molecule has 5 nitrogen and oxygen atoms in total. The lowest BCUT2D eigenvalue weighted by Gasteiger charge is -2.08. The molecule has 0 aliphatic rings. The predicted octanol–water partition coefficient (Wildman–Crippen LogP) is 1.61. The molecule has 3 N–H and O–H groups in total. The summed E-state index contributed by atoms with van der Waals surface area (Å²) in [7, 11) is 0. The van der Waals surface area contributed by atoms with Crippen LogP contribution in [0, 0.1) is 0 Å². The Hall–Kier alpha value is -1.75. The van der Waals surface area contributed by atoms with Crippen molar-refractivity contribution in [2.45, 2.75) is 13.3 Å². The standard InChI is InChI=1S/C12H15ClN2O3/c1-2-15-10(16)6-7-18-12(17)11-8(13)4-3-5-9(11)14/h3-5H,2,6-7,14H2,1H3,(H,15,16). The van der Waals surface area contributed by atoms with Crippen LogP contribution in [-0.4, -0.2) is 25.0 Å². The second-order valence-corrected chi connectivity index (χ2v) is 3.95. The molecule has 0 aliphatic carbocycles. The van der Waals surface area contributed by atoms with E-state index in [1.807, 2.05) is 6.92 Å². The van der Waals surface area contributed by atoms with Crippen LogP contribution in [0.5, 0.6) is 0 Å². The van der Waals surface area contributed by atoms with Crippen LogP contribution < -0.4 is 11.1 Å². The number of ether oxygens (including phenoxy) is 1. The van der Waals surface area contributed by atoms with E-state index < -0.39 is 5.97 Å². The number of benzene rings is 1. The first-order valence-electron chi connectivity index (χ1n) is 5.54. The molecule has 1 aromatic carbocycles. The number of halogens is 1. The highest BCUT2D eigenvalue weighted by Gasteiger charge is 2.15. The molecule has 1 rings (SSSR count). The zero-order valence-electron chi connectivity index (χ0n) is 10.0. The summed E-state index contributed by atoms with van der Waals surface area (Å²) in [4.78, 5) is 22.8. The lowest BCUT2D eigenvalue weighted by Crippen LogP contribution is -2.24. The molecule has 0 bridgehead atoms. The molecule has 6 heteroatoms. The molecule has 0 fully saturated rings. The van der Waals surface area contributed by atoms with Gasteiger partial charge in [-0.15, -0.1) is 0 Å². The Morgan fingerprint density at radius 3 is 2.78 bits per heavy atom. The Balaban J connectivity index is 2.53. The molecule has 1 aromatic rings. The predicted molar refractivity (Wildman–Crippen MR) is 69.4 cm³/mol. The molecule has 18 heavy (non-hydrogen) atoms. The van der Waals surface area contributed by atoms with Crippen molar-refractivity contribution in [2.24, 2.45) is 0 Å². The van der Waals surface area contributed by atoms with Crippen molar-refractivity contribution >= 4 is 29.2 Å². The number of carbonyl (C=O) groups is 2. The maximum absolute atomic E-state index is 11.7. The van der Waals surface area contributed by atoms with E-state index in [4.69, 9.17) is 22.1 Å². The van der Waals surface area contributed by atoms with Crippen LogP contribution in [0.4, 0.5) is 5.69 Å². The Morgan fingerprint density at radius 2 is 2.17 bits per heavy atom. The van der Waals surface area contributed by atoms with Gasteiger partial charge in [-0.05, 0) is 19.1 Å². The highest BCUT2D eigenvalue weighted by atomic mass is 35.5. The lowest BCUT2D eigenvalue weighted by molar-refractivity contribution is -0.121. The van der Waals surface area contributed by atoms with E-state index >= 15 is 0 Å².